The van der Waals surface area contributed by atoms with Gasteiger partial charge in [-0.1, -0.05) is 273 Å². The molecule has 6 N–H and O–H groups in total. The molecule has 0 spiro atoms. The molecule has 0 aromatic heterocycles. The van der Waals surface area contributed by atoms with Gasteiger partial charge in [-0.25, -0.2) is 0 Å². The molecular formula is C68H119NO10. The highest BCUT2D eigenvalue weighted by Crippen LogP contribution is 2.26. The van der Waals surface area contributed by atoms with Crippen LogP contribution >= 0.6 is 0 Å². The summed E-state index contributed by atoms with van der Waals surface area (Å²) in [5, 5.41) is 57.0. The second-order valence-corrected chi connectivity index (χ2v) is 22.1. The molecule has 0 saturated carbocycles. The monoisotopic (exact) mass is 1110 g/mol. The molecule has 1 heterocycles. The summed E-state index contributed by atoms with van der Waals surface area (Å²) in [4.78, 5) is 26.6. The molecule has 8 atom stereocenters. The number of aliphatic hydroxyl groups excluding tert-OH is 5. The Kier molecular flexibility index (Phi) is 51.8. The van der Waals surface area contributed by atoms with E-state index in [0.29, 0.717) is 12.8 Å². The van der Waals surface area contributed by atoms with Crippen molar-refractivity contribution in [2.45, 2.75) is 320 Å². The number of aliphatic hydroxyl groups is 5. The highest BCUT2D eigenvalue weighted by molar-refractivity contribution is 5.80. The molecule has 79 heavy (non-hydrogen) atoms. The number of nitrogens with one attached hydrogen (secondary N) is 1. The highest BCUT2D eigenvalue weighted by atomic mass is 16.7. The van der Waals surface area contributed by atoms with Gasteiger partial charge in [0.1, 0.15) is 24.4 Å². The number of hydrogen-bond acceptors (Lipinski definition) is 10. The van der Waals surface area contributed by atoms with Crippen LogP contribution in [0.5, 0.6) is 0 Å². The molecule has 1 aliphatic rings. The van der Waals surface area contributed by atoms with Crippen molar-refractivity contribution in [2.24, 2.45) is 0 Å². The second kappa shape index (κ2) is 55.4. The van der Waals surface area contributed by atoms with Gasteiger partial charge in [-0.05, 0) is 77.0 Å². The Morgan fingerprint density at radius 2 is 0.911 bits per heavy atom. The zero-order valence-corrected chi connectivity index (χ0v) is 50.5. The van der Waals surface area contributed by atoms with Gasteiger partial charge in [-0.15, -0.1) is 0 Å². The number of ether oxygens (including phenoxy) is 3. The number of rotatable bonds is 54. The fraction of sp³-hybridized carbons (Fsp3) is 0.765. The third kappa shape index (κ3) is 43.2. The first kappa shape index (κ1) is 73.9. The molecular weight excluding hydrogens is 991 g/mol. The van der Waals surface area contributed by atoms with Gasteiger partial charge in [0.15, 0.2) is 12.4 Å². The maximum atomic E-state index is 13.4. The summed E-state index contributed by atoms with van der Waals surface area (Å²) in [5.74, 6) is -1.22. The van der Waals surface area contributed by atoms with Crippen molar-refractivity contribution in [2.75, 3.05) is 13.2 Å². The van der Waals surface area contributed by atoms with E-state index in [1.807, 2.05) is 6.08 Å². The van der Waals surface area contributed by atoms with Crippen LogP contribution in [0.15, 0.2) is 85.1 Å². The standard InChI is InChI=1S/C68H119NO10/c1-4-7-10-13-16-19-22-25-27-28-29-30-31-32-33-34-35-38-41-44-47-50-53-56-63(73)79-66-65(75)64(74)62(57-70)78-68(66)77-58-59(60(71)54-51-48-45-42-39-36-24-21-18-15-12-9-6-3)69-67(76)61(72)55-52-49-46-43-40-37-26-23-20-17-14-11-8-5-2/h7,10,16,19,25,27,29-30,32-33,35,38,51,54,59-62,64-66,68,70-72,74-75H,4-6,8-9,11-15,17-18,20-24,26,28,31,34,36-37,39-50,52-53,55-58H2,1-3H3,(H,69,76)/b10-7-,19-16-,27-25-,30-29-,33-32-,38-35-,54-51+. The summed E-state index contributed by atoms with van der Waals surface area (Å²) in [7, 11) is 0. The van der Waals surface area contributed by atoms with E-state index >= 15 is 0 Å². The van der Waals surface area contributed by atoms with E-state index in [-0.39, 0.29) is 19.4 Å². The fourth-order valence-electron chi connectivity index (χ4n) is 9.71. The molecule has 1 saturated heterocycles. The topological polar surface area (TPSA) is 175 Å². The molecule has 1 fully saturated rings. The number of esters is 1. The van der Waals surface area contributed by atoms with Gasteiger partial charge in [-0.2, -0.15) is 0 Å². The van der Waals surface area contributed by atoms with E-state index in [0.717, 1.165) is 103 Å². The summed E-state index contributed by atoms with van der Waals surface area (Å²) in [5.41, 5.74) is 0. The molecule has 1 rings (SSSR count). The van der Waals surface area contributed by atoms with Crippen molar-refractivity contribution in [3.63, 3.8) is 0 Å². The van der Waals surface area contributed by atoms with Crippen molar-refractivity contribution in [3.05, 3.63) is 85.1 Å². The van der Waals surface area contributed by atoms with E-state index in [1.165, 1.54) is 122 Å². The fourth-order valence-corrected chi connectivity index (χ4v) is 9.71. The van der Waals surface area contributed by atoms with Gasteiger partial charge in [0.05, 0.1) is 25.4 Å². The number of allylic oxidation sites excluding steroid dienone is 13. The first-order valence-electron chi connectivity index (χ1n) is 32.4. The Labute approximate surface area is 483 Å². The van der Waals surface area contributed by atoms with Crippen molar-refractivity contribution in [1.82, 2.24) is 5.32 Å². The highest BCUT2D eigenvalue weighted by Gasteiger charge is 2.47. The van der Waals surface area contributed by atoms with Gasteiger partial charge >= 0.3 is 5.97 Å². The van der Waals surface area contributed by atoms with E-state index in [2.05, 4.69) is 99.0 Å². The summed E-state index contributed by atoms with van der Waals surface area (Å²) in [6, 6.07) is -1.03. The summed E-state index contributed by atoms with van der Waals surface area (Å²) >= 11 is 0. The van der Waals surface area contributed by atoms with Gasteiger partial charge in [0.25, 0.3) is 0 Å². The molecule has 0 aromatic rings. The molecule has 8 unspecified atom stereocenters. The van der Waals surface area contributed by atoms with Crippen LogP contribution in [-0.2, 0) is 23.8 Å². The van der Waals surface area contributed by atoms with Crippen molar-refractivity contribution < 1.29 is 49.3 Å². The van der Waals surface area contributed by atoms with Crippen LogP contribution in [-0.4, -0.2) is 99.6 Å². The van der Waals surface area contributed by atoms with Crippen LogP contribution in [0.25, 0.3) is 0 Å². The molecule has 0 bridgehead atoms. The molecule has 0 aromatic carbocycles. The Bertz CT molecular complexity index is 1610. The average Bonchev–Trinajstić information content (AvgIpc) is 3.50. The van der Waals surface area contributed by atoms with Gasteiger partial charge in [0.2, 0.25) is 5.91 Å². The molecule has 456 valence electrons. The number of amides is 1. The van der Waals surface area contributed by atoms with Gasteiger partial charge in [-0.3, -0.25) is 9.59 Å². The maximum absolute atomic E-state index is 13.4. The molecule has 0 aliphatic carbocycles. The smallest absolute Gasteiger partial charge is 0.306 e. The van der Waals surface area contributed by atoms with E-state index in [9.17, 15) is 35.1 Å². The second-order valence-electron chi connectivity index (χ2n) is 22.1. The quantitative estimate of drug-likeness (QED) is 0.0195. The van der Waals surface area contributed by atoms with Crippen molar-refractivity contribution in [3.8, 4) is 0 Å². The maximum Gasteiger partial charge on any atom is 0.306 e. The predicted molar refractivity (Wildman–Crippen MR) is 329 cm³/mol. The summed E-state index contributed by atoms with van der Waals surface area (Å²) in [6.45, 7) is 5.67. The minimum Gasteiger partial charge on any atom is -0.454 e. The largest absolute Gasteiger partial charge is 0.454 e. The lowest BCUT2D eigenvalue weighted by Crippen LogP contribution is -2.61. The van der Waals surface area contributed by atoms with Crippen LogP contribution in [0.2, 0.25) is 0 Å². The van der Waals surface area contributed by atoms with Crippen LogP contribution in [0, 0.1) is 0 Å². The molecule has 0 radical (unpaired) electrons. The normalized spacial score (nSPS) is 19.4. The molecule has 1 aliphatic heterocycles. The van der Waals surface area contributed by atoms with Crippen LogP contribution in [0.1, 0.15) is 271 Å². The number of carbonyl (C=O) groups excluding carboxylic acids is 2. The average molecular weight is 1110 g/mol. The first-order valence-corrected chi connectivity index (χ1v) is 32.4. The van der Waals surface area contributed by atoms with Crippen LogP contribution < -0.4 is 5.32 Å². The summed E-state index contributed by atoms with van der Waals surface area (Å²) < 4.78 is 17.6. The van der Waals surface area contributed by atoms with E-state index < -0.39 is 67.4 Å². The molecule has 11 nitrogen and oxygen atoms in total. The molecule has 11 heteroatoms. The lowest BCUT2D eigenvalue weighted by molar-refractivity contribution is -0.305. The lowest BCUT2D eigenvalue weighted by Gasteiger charge is -2.41. The summed E-state index contributed by atoms with van der Waals surface area (Å²) in [6.07, 6.45) is 61.8. The van der Waals surface area contributed by atoms with Crippen LogP contribution in [0.3, 0.4) is 0 Å². The van der Waals surface area contributed by atoms with Crippen LogP contribution in [0.4, 0.5) is 0 Å². The minimum absolute atomic E-state index is 0.0912. The van der Waals surface area contributed by atoms with Gasteiger partial charge < -0.3 is 45.1 Å². The molecule has 1 amide bonds. The SMILES string of the molecule is CC/C=C\C/C=C\C/C=C\C/C=C\C/C=C\C/C=C\CCCCCCC(=O)OC1C(OCC(NC(=O)C(O)CCCCCCCCCCCCCCCC)C(O)/C=C/CCCCCCCCCCCCC)OC(CO)C(O)C1O. The zero-order valence-electron chi connectivity index (χ0n) is 50.5. The number of unbranched alkanes of at least 4 members (excludes halogenated alkanes) is 28. The lowest BCUT2D eigenvalue weighted by atomic mass is 9.99. The Hall–Kier alpha value is -3.16. The predicted octanol–water partition coefficient (Wildman–Crippen LogP) is 15.7. The van der Waals surface area contributed by atoms with Crippen molar-refractivity contribution >= 4 is 11.9 Å². The first-order chi connectivity index (χ1) is 38.7. The third-order valence-electron chi connectivity index (χ3n) is 14.8. The zero-order chi connectivity index (χ0) is 57.5. The van der Waals surface area contributed by atoms with E-state index in [1.54, 1.807) is 6.08 Å². The number of carbonyl (C=O) groups is 2. The van der Waals surface area contributed by atoms with Crippen molar-refractivity contribution in [1.29, 1.82) is 0 Å². The minimum atomic E-state index is -1.63. The third-order valence-corrected chi connectivity index (χ3v) is 14.8. The Morgan fingerprint density at radius 1 is 0.506 bits per heavy atom. The number of hydrogen-bond donors (Lipinski definition) is 6. The van der Waals surface area contributed by atoms with Gasteiger partial charge in [0, 0.05) is 6.42 Å². The Morgan fingerprint density at radius 3 is 1.37 bits per heavy atom. The van der Waals surface area contributed by atoms with E-state index in [4.69, 9.17) is 14.2 Å². The Balaban J connectivity index is 2.67.